The molecular formula is C13H26N2O2. The first-order valence-corrected chi connectivity index (χ1v) is 6.35. The van der Waals surface area contributed by atoms with E-state index in [-0.39, 0.29) is 17.1 Å². The fraction of sp³-hybridized carbons (Fsp3) is 0.923. The number of carboxylic acid groups (broad SMARTS) is 1. The number of likely N-dealkylation sites (tertiary alicyclic amines) is 1. The van der Waals surface area contributed by atoms with Crippen molar-refractivity contribution in [3.8, 4) is 0 Å². The number of hydrogen-bond acceptors (Lipinski definition) is 2. The Balaban J connectivity index is 2.95. The largest absolute Gasteiger partial charge is 0.465 e. The molecule has 1 aliphatic rings. The summed E-state index contributed by atoms with van der Waals surface area (Å²) < 4.78 is 0. The van der Waals surface area contributed by atoms with Crippen LogP contribution in [0.1, 0.15) is 47.5 Å². The van der Waals surface area contributed by atoms with Crippen LogP contribution in [0, 0.1) is 0 Å². The Bertz CT molecular complexity index is 282. The van der Waals surface area contributed by atoms with Crippen LogP contribution in [0.2, 0.25) is 0 Å². The molecule has 1 N–H and O–H groups in total. The molecule has 0 unspecified atom stereocenters. The predicted molar refractivity (Wildman–Crippen MR) is 69.3 cm³/mol. The fourth-order valence-corrected chi connectivity index (χ4v) is 3.09. The lowest BCUT2D eigenvalue weighted by molar-refractivity contribution is -0.0416. The molecule has 1 rings (SSSR count). The van der Waals surface area contributed by atoms with Gasteiger partial charge in [0.1, 0.15) is 0 Å². The fourth-order valence-electron chi connectivity index (χ4n) is 3.09. The molecular weight excluding hydrogens is 216 g/mol. The molecule has 100 valence electrons. The summed E-state index contributed by atoms with van der Waals surface area (Å²) in [6.07, 6.45) is 0.994. The van der Waals surface area contributed by atoms with Crippen molar-refractivity contribution in [3.05, 3.63) is 0 Å². The van der Waals surface area contributed by atoms with Crippen molar-refractivity contribution in [1.29, 1.82) is 0 Å². The summed E-state index contributed by atoms with van der Waals surface area (Å²) in [6.45, 7) is 11.2. The van der Waals surface area contributed by atoms with Gasteiger partial charge < -0.3 is 10.0 Å². The van der Waals surface area contributed by atoms with Crippen molar-refractivity contribution >= 4 is 6.09 Å². The van der Waals surface area contributed by atoms with Gasteiger partial charge in [0.25, 0.3) is 0 Å². The zero-order chi connectivity index (χ0) is 13.4. The second-order valence-electron chi connectivity index (χ2n) is 6.31. The van der Waals surface area contributed by atoms with Crippen molar-refractivity contribution in [2.45, 2.75) is 64.6 Å². The summed E-state index contributed by atoms with van der Waals surface area (Å²) in [4.78, 5) is 15.2. The highest BCUT2D eigenvalue weighted by molar-refractivity contribution is 5.65. The lowest BCUT2D eigenvalue weighted by atomic mass is 9.77. The highest BCUT2D eigenvalue weighted by Crippen LogP contribution is 2.38. The van der Waals surface area contributed by atoms with E-state index in [1.165, 1.54) is 0 Å². The highest BCUT2D eigenvalue weighted by atomic mass is 16.4. The molecule has 0 saturated carbocycles. The molecule has 1 saturated heterocycles. The highest BCUT2D eigenvalue weighted by Gasteiger charge is 2.45. The lowest BCUT2D eigenvalue weighted by Gasteiger charge is -2.55. The molecule has 0 aliphatic carbocycles. The third-order valence-electron chi connectivity index (χ3n) is 4.31. The maximum Gasteiger partial charge on any atom is 0.407 e. The van der Waals surface area contributed by atoms with Crippen LogP contribution in [-0.2, 0) is 0 Å². The first kappa shape index (κ1) is 14.3. The number of rotatable bonds is 2. The molecule has 1 fully saturated rings. The molecule has 0 radical (unpaired) electrons. The number of carbonyl (C=O) groups is 1. The first-order valence-electron chi connectivity index (χ1n) is 6.35. The molecule has 4 heteroatoms. The van der Waals surface area contributed by atoms with Gasteiger partial charge in [0.15, 0.2) is 0 Å². The van der Waals surface area contributed by atoms with Gasteiger partial charge in [0.2, 0.25) is 0 Å². The Kier molecular flexibility index (Phi) is 3.77. The third kappa shape index (κ3) is 2.73. The van der Waals surface area contributed by atoms with Crippen molar-refractivity contribution in [3.63, 3.8) is 0 Å². The standard InChI is InChI=1S/C13H26N2O2/c1-7-15(11(16)17)10-8-12(2,3)14(6)13(4,5)9-10/h10H,7-9H2,1-6H3,(H,16,17). The first-order chi connectivity index (χ1) is 7.62. The normalized spacial score (nSPS) is 24.6. The number of nitrogens with zero attached hydrogens (tertiary/aromatic N) is 2. The van der Waals surface area contributed by atoms with Crippen LogP contribution >= 0.6 is 0 Å². The maximum absolute atomic E-state index is 11.2. The van der Waals surface area contributed by atoms with Gasteiger partial charge >= 0.3 is 6.09 Å². The van der Waals surface area contributed by atoms with Gasteiger partial charge in [-0.05, 0) is 54.5 Å². The quantitative estimate of drug-likeness (QED) is 0.809. The Hall–Kier alpha value is -0.770. The lowest BCUT2D eigenvalue weighted by Crippen LogP contribution is -2.63. The number of piperidine rings is 1. The molecule has 0 aromatic carbocycles. The topological polar surface area (TPSA) is 43.8 Å². The van der Waals surface area contributed by atoms with E-state index in [1.807, 2.05) is 6.92 Å². The van der Waals surface area contributed by atoms with E-state index in [9.17, 15) is 9.90 Å². The summed E-state index contributed by atoms with van der Waals surface area (Å²) >= 11 is 0. The van der Waals surface area contributed by atoms with Crippen molar-refractivity contribution in [1.82, 2.24) is 9.80 Å². The van der Waals surface area contributed by atoms with Crippen molar-refractivity contribution in [2.24, 2.45) is 0 Å². The van der Waals surface area contributed by atoms with E-state index >= 15 is 0 Å². The Labute approximate surface area is 105 Å². The average molecular weight is 242 g/mol. The molecule has 0 bridgehead atoms. The Morgan fingerprint density at radius 2 is 1.71 bits per heavy atom. The molecule has 0 atom stereocenters. The van der Waals surface area contributed by atoms with Crippen LogP contribution in [-0.4, -0.2) is 51.7 Å². The van der Waals surface area contributed by atoms with Crippen LogP contribution in [0.3, 0.4) is 0 Å². The van der Waals surface area contributed by atoms with Crippen LogP contribution in [0.15, 0.2) is 0 Å². The zero-order valence-electron chi connectivity index (χ0n) is 11.9. The van der Waals surface area contributed by atoms with E-state index in [0.29, 0.717) is 6.54 Å². The van der Waals surface area contributed by atoms with Crippen molar-refractivity contribution in [2.75, 3.05) is 13.6 Å². The predicted octanol–water partition coefficient (Wildman–Crippen LogP) is 2.64. The molecule has 1 heterocycles. The summed E-state index contributed by atoms with van der Waals surface area (Å²) in [5.41, 5.74) is 0.0740. The van der Waals surface area contributed by atoms with Crippen LogP contribution in [0.4, 0.5) is 4.79 Å². The van der Waals surface area contributed by atoms with Gasteiger partial charge in [0.05, 0.1) is 0 Å². The van der Waals surface area contributed by atoms with Crippen LogP contribution < -0.4 is 0 Å². The molecule has 0 spiro atoms. The molecule has 17 heavy (non-hydrogen) atoms. The van der Waals surface area contributed by atoms with Gasteiger partial charge in [-0.15, -0.1) is 0 Å². The molecule has 0 aromatic heterocycles. The second-order valence-corrected chi connectivity index (χ2v) is 6.31. The second kappa shape index (κ2) is 4.48. The van der Waals surface area contributed by atoms with E-state index in [1.54, 1.807) is 4.90 Å². The minimum absolute atomic E-state index is 0.0370. The minimum Gasteiger partial charge on any atom is -0.465 e. The van der Waals surface area contributed by atoms with Gasteiger partial charge in [-0.25, -0.2) is 4.79 Å². The zero-order valence-corrected chi connectivity index (χ0v) is 11.9. The Morgan fingerprint density at radius 3 is 2.00 bits per heavy atom. The number of hydrogen-bond donors (Lipinski definition) is 1. The average Bonchev–Trinajstić information content (AvgIpc) is 2.13. The summed E-state index contributed by atoms with van der Waals surface area (Å²) in [7, 11) is 2.13. The summed E-state index contributed by atoms with van der Waals surface area (Å²) in [6, 6.07) is 0.124. The smallest absolute Gasteiger partial charge is 0.407 e. The third-order valence-corrected chi connectivity index (χ3v) is 4.31. The molecule has 1 amide bonds. The van der Waals surface area contributed by atoms with E-state index in [2.05, 4.69) is 39.6 Å². The molecule has 4 nitrogen and oxygen atoms in total. The minimum atomic E-state index is -0.798. The van der Waals surface area contributed by atoms with Crippen LogP contribution in [0.5, 0.6) is 0 Å². The maximum atomic E-state index is 11.2. The monoisotopic (exact) mass is 242 g/mol. The summed E-state index contributed by atoms with van der Waals surface area (Å²) in [5, 5.41) is 9.24. The van der Waals surface area contributed by atoms with E-state index in [4.69, 9.17) is 0 Å². The van der Waals surface area contributed by atoms with E-state index in [0.717, 1.165) is 12.8 Å². The SMILES string of the molecule is CCN(C(=O)O)C1CC(C)(C)N(C)C(C)(C)C1. The Morgan fingerprint density at radius 1 is 1.29 bits per heavy atom. The number of amides is 1. The van der Waals surface area contributed by atoms with Crippen LogP contribution in [0.25, 0.3) is 0 Å². The van der Waals surface area contributed by atoms with Crippen molar-refractivity contribution < 1.29 is 9.90 Å². The van der Waals surface area contributed by atoms with E-state index < -0.39 is 6.09 Å². The van der Waals surface area contributed by atoms with Gasteiger partial charge in [-0.1, -0.05) is 0 Å². The summed E-state index contributed by atoms with van der Waals surface area (Å²) in [5.74, 6) is 0. The van der Waals surface area contributed by atoms with Gasteiger partial charge in [-0.2, -0.15) is 0 Å². The molecule has 1 aliphatic heterocycles. The van der Waals surface area contributed by atoms with Gasteiger partial charge in [-0.3, -0.25) is 4.90 Å². The van der Waals surface area contributed by atoms with Gasteiger partial charge in [0, 0.05) is 23.7 Å². The molecule has 0 aromatic rings.